The fraction of sp³-hybridized carbons (Fsp3) is 0.417. The molecule has 1 aliphatic rings. The smallest absolute Gasteiger partial charge is 0.305 e. The minimum atomic E-state index is -0.749. The van der Waals surface area contributed by atoms with Crippen molar-refractivity contribution >= 4 is 23.3 Å². The molecule has 0 saturated carbocycles. The minimum absolute atomic E-state index is 0.183. The Bertz CT molecular complexity index is 406. The van der Waals surface area contributed by atoms with E-state index in [1.165, 1.54) is 5.56 Å². The van der Waals surface area contributed by atoms with Gasteiger partial charge in [0.05, 0.1) is 6.42 Å². The molecule has 1 aliphatic heterocycles. The predicted octanol–water partition coefficient (Wildman–Crippen LogP) is 2.57. The van der Waals surface area contributed by atoms with Gasteiger partial charge in [0.1, 0.15) is 0 Å². The third kappa shape index (κ3) is 2.47. The number of hydrogen-bond donors (Lipinski definition) is 1. The van der Waals surface area contributed by atoms with Gasteiger partial charge in [-0.1, -0.05) is 11.6 Å². The van der Waals surface area contributed by atoms with Gasteiger partial charge in [-0.15, -0.1) is 0 Å². The number of aliphatic carboxylic acids is 1. The van der Waals surface area contributed by atoms with E-state index in [-0.39, 0.29) is 6.42 Å². The summed E-state index contributed by atoms with van der Waals surface area (Å²) in [6, 6.07) is 5.82. The molecule has 0 aliphatic carbocycles. The summed E-state index contributed by atoms with van der Waals surface area (Å²) in [7, 11) is 0. The summed E-state index contributed by atoms with van der Waals surface area (Å²) in [5.41, 5.74) is 2.36. The molecule has 1 aromatic rings. The van der Waals surface area contributed by atoms with Gasteiger partial charge in [-0.3, -0.25) is 4.79 Å². The van der Waals surface area contributed by atoms with Gasteiger partial charge < -0.3 is 10.0 Å². The van der Waals surface area contributed by atoms with Crippen molar-refractivity contribution in [1.82, 2.24) is 0 Å². The standard InChI is InChI=1S/C12H14ClNO2/c13-10-3-4-11-9(8-10)2-1-6-14(11)7-5-12(15)16/h3-4,8H,1-2,5-7H2,(H,15,16). The lowest BCUT2D eigenvalue weighted by Crippen LogP contribution is -2.31. The van der Waals surface area contributed by atoms with Crippen molar-refractivity contribution in [1.29, 1.82) is 0 Å². The van der Waals surface area contributed by atoms with Gasteiger partial charge in [0.2, 0.25) is 0 Å². The van der Waals surface area contributed by atoms with Gasteiger partial charge in [0.25, 0.3) is 0 Å². The highest BCUT2D eigenvalue weighted by molar-refractivity contribution is 6.30. The SMILES string of the molecule is O=C(O)CCN1CCCc2cc(Cl)ccc21. The zero-order chi connectivity index (χ0) is 11.5. The first-order valence-electron chi connectivity index (χ1n) is 5.42. The Morgan fingerprint density at radius 1 is 1.50 bits per heavy atom. The molecule has 0 aromatic heterocycles. The topological polar surface area (TPSA) is 40.5 Å². The molecule has 0 amide bonds. The van der Waals surface area contributed by atoms with Crippen molar-refractivity contribution in [3.63, 3.8) is 0 Å². The van der Waals surface area contributed by atoms with Crippen LogP contribution in [0.2, 0.25) is 5.02 Å². The summed E-state index contributed by atoms with van der Waals surface area (Å²) in [6.07, 6.45) is 2.27. The predicted molar refractivity (Wildman–Crippen MR) is 64.2 cm³/mol. The van der Waals surface area contributed by atoms with Gasteiger partial charge in [-0.25, -0.2) is 0 Å². The van der Waals surface area contributed by atoms with Crippen LogP contribution in [0.4, 0.5) is 5.69 Å². The van der Waals surface area contributed by atoms with E-state index in [0.29, 0.717) is 6.54 Å². The highest BCUT2D eigenvalue weighted by atomic mass is 35.5. The molecule has 16 heavy (non-hydrogen) atoms. The first kappa shape index (κ1) is 11.3. The maximum absolute atomic E-state index is 10.6. The quantitative estimate of drug-likeness (QED) is 0.881. The summed E-state index contributed by atoms with van der Waals surface area (Å²) in [5.74, 6) is -0.749. The molecule has 0 saturated heterocycles. The van der Waals surface area contributed by atoms with Crippen molar-refractivity contribution in [3.05, 3.63) is 28.8 Å². The lowest BCUT2D eigenvalue weighted by atomic mass is 10.0. The number of carbonyl (C=O) groups is 1. The first-order chi connectivity index (χ1) is 7.66. The van der Waals surface area contributed by atoms with Gasteiger partial charge in [0, 0.05) is 23.8 Å². The fourth-order valence-corrected chi connectivity index (χ4v) is 2.30. The maximum atomic E-state index is 10.6. The molecule has 1 heterocycles. The van der Waals surface area contributed by atoms with E-state index in [2.05, 4.69) is 4.90 Å². The minimum Gasteiger partial charge on any atom is -0.481 e. The van der Waals surface area contributed by atoms with E-state index in [1.807, 2.05) is 18.2 Å². The van der Waals surface area contributed by atoms with E-state index < -0.39 is 5.97 Å². The van der Waals surface area contributed by atoms with E-state index in [1.54, 1.807) is 0 Å². The average molecular weight is 240 g/mol. The Hall–Kier alpha value is -1.22. The number of carboxylic acids is 1. The van der Waals surface area contributed by atoms with Crippen molar-refractivity contribution in [2.45, 2.75) is 19.3 Å². The molecule has 0 spiro atoms. The van der Waals surface area contributed by atoms with Gasteiger partial charge in [-0.05, 0) is 36.6 Å². The Labute approximate surface area is 99.6 Å². The van der Waals surface area contributed by atoms with E-state index >= 15 is 0 Å². The highest BCUT2D eigenvalue weighted by Crippen LogP contribution is 2.29. The molecule has 0 bridgehead atoms. The number of rotatable bonds is 3. The van der Waals surface area contributed by atoms with Crippen molar-refractivity contribution in [2.75, 3.05) is 18.0 Å². The third-order valence-electron chi connectivity index (χ3n) is 2.85. The van der Waals surface area contributed by atoms with Crippen LogP contribution in [-0.2, 0) is 11.2 Å². The number of aryl methyl sites for hydroxylation is 1. The lowest BCUT2D eigenvalue weighted by Gasteiger charge is -2.31. The third-order valence-corrected chi connectivity index (χ3v) is 3.09. The zero-order valence-corrected chi connectivity index (χ0v) is 9.70. The van der Waals surface area contributed by atoms with Crippen LogP contribution >= 0.6 is 11.6 Å². The Morgan fingerprint density at radius 3 is 3.06 bits per heavy atom. The Kier molecular flexibility index (Phi) is 3.34. The van der Waals surface area contributed by atoms with Crippen molar-refractivity contribution in [2.24, 2.45) is 0 Å². The monoisotopic (exact) mass is 239 g/mol. The molecule has 2 rings (SSSR count). The fourth-order valence-electron chi connectivity index (χ4n) is 2.11. The molecule has 1 N–H and O–H groups in total. The second kappa shape index (κ2) is 4.74. The number of nitrogens with zero attached hydrogens (tertiary/aromatic N) is 1. The molecule has 1 aromatic carbocycles. The van der Waals surface area contributed by atoms with Crippen LogP contribution in [0.3, 0.4) is 0 Å². The van der Waals surface area contributed by atoms with Crippen molar-refractivity contribution < 1.29 is 9.90 Å². The molecule has 0 radical (unpaired) electrons. The largest absolute Gasteiger partial charge is 0.481 e. The van der Waals surface area contributed by atoms with Crippen LogP contribution in [0.25, 0.3) is 0 Å². The number of carboxylic acid groups (broad SMARTS) is 1. The summed E-state index contributed by atoms with van der Waals surface area (Å²) in [5, 5.41) is 9.44. The normalized spacial score (nSPS) is 14.7. The number of anilines is 1. The van der Waals surface area contributed by atoms with Gasteiger partial charge in [0.15, 0.2) is 0 Å². The van der Waals surface area contributed by atoms with Crippen molar-refractivity contribution in [3.8, 4) is 0 Å². The highest BCUT2D eigenvalue weighted by Gasteiger charge is 2.17. The second-order valence-corrected chi connectivity index (χ2v) is 4.44. The number of hydrogen-bond acceptors (Lipinski definition) is 2. The molecular formula is C12H14ClNO2. The van der Waals surface area contributed by atoms with Crippen LogP contribution in [0.15, 0.2) is 18.2 Å². The molecule has 0 atom stereocenters. The van der Waals surface area contributed by atoms with Crippen LogP contribution < -0.4 is 4.90 Å². The van der Waals surface area contributed by atoms with Gasteiger partial charge in [-0.2, -0.15) is 0 Å². The summed E-state index contributed by atoms with van der Waals surface area (Å²) < 4.78 is 0. The molecule has 86 valence electrons. The number of benzene rings is 1. The van der Waals surface area contributed by atoms with Crippen LogP contribution in [0.5, 0.6) is 0 Å². The zero-order valence-electron chi connectivity index (χ0n) is 8.95. The second-order valence-electron chi connectivity index (χ2n) is 4.01. The Morgan fingerprint density at radius 2 is 2.31 bits per heavy atom. The molecule has 4 heteroatoms. The average Bonchev–Trinajstić information content (AvgIpc) is 2.25. The van der Waals surface area contributed by atoms with Crippen LogP contribution in [0, 0.1) is 0 Å². The van der Waals surface area contributed by atoms with Crippen LogP contribution in [0.1, 0.15) is 18.4 Å². The van der Waals surface area contributed by atoms with E-state index in [4.69, 9.17) is 16.7 Å². The van der Waals surface area contributed by atoms with Gasteiger partial charge >= 0.3 is 5.97 Å². The molecular weight excluding hydrogens is 226 g/mol. The summed E-state index contributed by atoms with van der Waals surface area (Å²) in [4.78, 5) is 12.7. The first-order valence-corrected chi connectivity index (χ1v) is 5.80. The molecule has 3 nitrogen and oxygen atoms in total. The molecule has 0 unspecified atom stereocenters. The van der Waals surface area contributed by atoms with E-state index in [0.717, 1.165) is 30.1 Å². The number of halogens is 1. The lowest BCUT2D eigenvalue weighted by molar-refractivity contribution is -0.136. The maximum Gasteiger partial charge on any atom is 0.305 e. The Balaban J connectivity index is 2.16. The summed E-state index contributed by atoms with van der Waals surface area (Å²) in [6.45, 7) is 1.51. The summed E-state index contributed by atoms with van der Waals surface area (Å²) >= 11 is 5.94. The van der Waals surface area contributed by atoms with E-state index in [9.17, 15) is 4.79 Å². The van der Waals surface area contributed by atoms with Crippen LogP contribution in [-0.4, -0.2) is 24.2 Å². The molecule has 0 fully saturated rings. The number of fused-ring (bicyclic) bond motifs is 1.